The highest BCUT2D eigenvalue weighted by Gasteiger charge is 2.12. The van der Waals surface area contributed by atoms with Gasteiger partial charge in [-0.2, -0.15) is 4.68 Å². The first-order chi connectivity index (χ1) is 14.2. The zero-order chi connectivity index (χ0) is 20.1. The van der Waals surface area contributed by atoms with E-state index in [0.717, 1.165) is 18.8 Å². The fourth-order valence-corrected chi connectivity index (χ4v) is 3.48. The van der Waals surface area contributed by atoms with Crippen LogP contribution in [0.2, 0.25) is 0 Å². The van der Waals surface area contributed by atoms with Crippen molar-refractivity contribution < 1.29 is 0 Å². The van der Waals surface area contributed by atoms with Gasteiger partial charge in [-0.25, -0.2) is 4.68 Å². The van der Waals surface area contributed by atoms with Gasteiger partial charge in [0.05, 0.1) is 12.4 Å². The fraction of sp³-hybridized carbons (Fsp3) is 0.174. The maximum atomic E-state index is 5.66. The second-order valence-corrected chi connectivity index (χ2v) is 7.47. The molecular formula is C23H23N5S. The van der Waals surface area contributed by atoms with E-state index in [4.69, 9.17) is 12.2 Å². The molecular weight excluding hydrogens is 378 g/mol. The molecule has 1 heterocycles. The summed E-state index contributed by atoms with van der Waals surface area (Å²) in [5.74, 6) is 0. The molecule has 0 aliphatic rings. The number of aromatic nitrogens is 4. The molecule has 0 bridgehead atoms. The van der Waals surface area contributed by atoms with Gasteiger partial charge in [-0.05, 0) is 52.8 Å². The highest BCUT2D eigenvalue weighted by atomic mass is 32.1. The van der Waals surface area contributed by atoms with Crippen LogP contribution in [0.25, 0.3) is 5.69 Å². The van der Waals surface area contributed by atoms with Crippen molar-refractivity contribution in [3.63, 3.8) is 0 Å². The summed E-state index contributed by atoms with van der Waals surface area (Å²) in [4.78, 5) is 2.31. The van der Waals surface area contributed by atoms with Crippen molar-refractivity contribution in [1.82, 2.24) is 24.7 Å². The molecule has 0 amide bonds. The number of hydrogen-bond donors (Lipinski definition) is 0. The number of hydrogen-bond acceptors (Lipinski definition) is 4. The second-order valence-electron chi connectivity index (χ2n) is 7.11. The summed E-state index contributed by atoms with van der Waals surface area (Å²) in [6, 6.07) is 29.0. The molecule has 5 nitrogen and oxygen atoms in total. The Kier molecular flexibility index (Phi) is 5.93. The van der Waals surface area contributed by atoms with E-state index >= 15 is 0 Å². The topological polar surface area (TPSA) is 38.9 Å². The van der Waals surface area contributed by atoms with Crippen LogP contribution in [0, 0.1) is 11.7 Å². The monoisotopic (exact) mass is 401 g/mol. The van der Waals surface area contributed by atoms with Crippen molar-refractivity contribution in [3.05, 3.63) is 106 Å². The number of tetrazole rings is 1. The van der Waals surface area contributed by atoms with Crippen LogP contribution in [0.15, 0.2) is 84.9 Å². The highest BCUT2D eigenvalue weighted by Crippen LogP contribution is 2.13. The molecule has 29 heavy (non-hydrogen) atoms. The molecule has 4 rings (SSSR count). The van der Waals surface area contributed by atoms with E-state index < -0.39 is 0 Å². The van der Waals surface area contributed by atoms with Gasteiger partial charge in [-0.1, -0.05) is 78.4 Å². The number of nitrogens with zero attached hydrogens (tertiary/aromatic N) is 5. The highest BCUT2D eigenvalue weighted by molar-refractivity contribution is 7.71. The summed E-state index contributed by atoms with van der Waals surface area (Å²) in [6.07, 6.45) is 0. The normalized spacial score (nSPS) is 11.1. The van der Waals surface area contributed by atoms with E-state index in [1.165, 1.54) is 16.7 Å². The molecule has 0 fully saturated rings. The lowest BCUT2D eigenvalue weighted by Crippen LogP contribution is -2.26. The number of benzene rings is 3. The lowest BCUT2D eigenvalue weighted by atomic mass is 10.2. The smallest absolute Gasteiger partial charge is 0.221 e. The van der Waals surface area contributed by atoms with Gasteiger partial charge in [0.1, 0.15) is 0 Å². The van der Waals surface area contributed by atoms with Gasteiger partial charge < -0.3 is 0 Å². The first kappa shape index (κ1) is 19.2. The minimum Gasteiger partial charge on any atom is -0.276 e. The van der Waals surface area contributed by atoms with Gasteiger partial charge >= 0.3 is 0 Å². The zero-order valence-corrected chi connectivity index (χ0v) is 17.2. The van der Waals surface area contributed by atoms with E-state index in [2.05, 4.69) is 70.8 Å². The van der Waals surface area contributed by atoms with Crippen molar-refractivity contribution >= 4 is 12.2 Å². The summed E-state index contributed by atoms with van der Waals surface area (Å²) >= 11 is 5.66. The van der Waals surface area contributed by atoms with Gasteiger partial charge in [0, 0.05) is 13.1 Å². The molecule has 0 atom stereocenters. The molecule has 0 spiro atoms. The molecule has 0 saturated heterocycles. The maximum Gasteiger partial charge on any atom is 0.221 e. The van der Waals surface area contributed by atoms with Gasteiger partial charge in [-0.3, -0.25) is 4.90 Å². The standard InChI is InChI=1S/C23H23N5S/c1-19-12-14-22(15-13-19)28-23(29)27(24-25-28)18-26(16-20-8-4-2-5-9-20)17-21-10-6-3-7-11-21/h2-15H,16-18H2,1H3. The summed E-state index contributed by atoms with van der Waals surface area (Å²) < 4.78 is 4.07. The SMILES string of the molecule is Cc1ccc(-n2nnn(CN(Cc3ccccc3)Cc3ccccc3)c2=S)cc1. The Hall–Kier alpha value is -3.09. The molecule has 0 aliphatic heterocycles. The predicted octanol–water partition coefficient (Wildman–Crippen LogP) is 4.77. The predicted molar refractivity (Wildman–Crippen MR) is 117 cm³/mol. The first-order valence-electron chi connectivity index (χ1n) is 9.59. The van der Waals surface area contributed by atoms with Gasteiger partial charge in [0.25, 0.3) is 0 Å². The zero-order valence-electron chi connectivity index (χ0n) is 16.3. The summed E-state index contributed by atoms with van der Waals surface area (Å²) in [7, 11) is 0. The van der Waals surface area contributed by atoms with Gasteiger partial charge in [0.15, 0.2) is 0 Å². The molecule has 0 N–H and O–H groups in total. The molecule has 4 aromatic rings. The first-order valence-corrected chi connectivity index (χ1v) is 10.00. The van der Waals surface area contributed by atoms with Crippen molar-refractivity contribution in [2.75, 3.05) is 0 Å². The van der Waals surface area contributed by atoms with Crippen LogP contribution in [0.4, 0.5) is 0 Å². The third kappa shape index (κ3) is 4.85. The van der Waals surface area contributed by atoms with Crippen LogP contribution >= 0.6 is 12.2 Å². The molecule has 0 saturated carbocycles. The number of rotatable bonds is 7. The number of aryl methyl sites for hydroxylation is 1. The summed E-state index contributed by atoms with van der Waals surface area (Å²) in [5.41, 5.74) is 4.62. The molecule has 0 aliphatic carbocycles. The second kappa shape index (κ2) is 8.94. The molecule has 3 aromatic carbocycles. The van der Waals surface area contributed by atoms with Crippen molar-refractivity contribution in [2.24, 2.45) is 0 Å². The van der Waals surface area contributed by atoms with Gasteiger partial charge in [0.2, 0.25) is 4.77 Å². The quantitative estimate of drug-likeness (QED) is 0.418. The lowest BCUT2D eigenvalue weighted by molar-refractivity contribution is 0.186. The van der Waals surface area contributed by atoms with Crippen molar-refractivity contribution in [3.8, 4) is 5.69 Å². The Balaban J connectivity index is 1.58. The third-order valence-electron chi connectivity index (χ3n) is 4.75. The van der Waals surface area contributed by atoms with E-state index in [0.29, 0.717) is 11.4 Å². The Morgan fingerprint density at radius 1 is 0.759 bits per heavy atom. The minimum absolute atomic E-state index is 0.564. The minimum atomic E-state index is 0.564. The van der Waals surface area contributed by atoms with E-state index in [1.54, 1.807) is 9.36 Å². The lowest BCUT2D eigenvalue weighted by Gasteiger charge is -2.22. The van der Waals surface area contributed by atoms with Crippen LogP contribution in [0.5, 0.6) is 0 Å². The Labute approximate surface area is 175 Å². The average molecular weight is 402 g/mol. The molecule has 0 unspecified atom stereocenters. The van der Waals surface area contributed by atoms with Crippen molar-refractivity contribution in [2.45, 2.75) is 26.7 Å². The van der Waals surface area contributed by atoms with E-state index in [1.807, 2.05) is 36.4 Å². The van der Waals surface area contributed by atoms with E-state index in [9.17, 15) is 0 Å². The van der Waals surface area contributed by atoms with Gasteiger partial charge in [-0.15, -0.1) is 0 Å². The summed E-state index contributed by atoms with van der Waals surface area (Å²) in [5, 5.41) is 8.60. The van der Waals surface area contributed by atoms with Crippen LogP contribution in [-0.2, 0) is 19.8 Å². The Bertz CT molecular complexity index is 1060. The largest absolute Gasteiger partial charge is 0.276 e. The maximum absolute atomic E-state index is 5.66. The van der Waals surface area contributed by atoms with Crippen LogP contribution in [0.3, 0.4) is 0 Å². The Morgan fingerprint density at radius 2 is 1.31 bits per heavy atom. The molecule has 6 heteroatoms. The average Bonchev–Trinajstić information content (AvgIpc) is 3.10. The van der Waals surface area contributed by atoms with Crippen LogP contribution in [-0.4, -0.2) is 24.7 Å². The Morgan fingerprint density at radius 3 is 1.86 bits per heavy atom. The molecule has 0 radical (unpaired) electrons. The van der Waals surface area contributed by atoms with E-state index in [-0.39, 0.29) is 0 Å². The molecule has 1 aromatic heterocycles. The van der Waals surface area contributed by atoms with Crippen molar-refractivity contribution in [1.29, 1.82) is 0 Å². The van der Waals surface area contributed by atoms with Crippen LogP contribution in [0.1, 0.15) is 16.7 Å². The fourth-order valence-electron chi connectivity index (χ4n) is 3.24. The third-order valence-corrected chi connectivity index (χ3v) is 5.13. The van der Waals surface area contributed by atoms with Crippen LogP contribution < -0.4 is 0 Å². The molecule has 146 valence electrons. The summed E-state index contributed by atoms with van der Waals surface area (Å²) in [6.45, 7) is 4.23.